The number of rotatable bonds is 3. The van der Waals surface area contributed by atoms with Crippen LogP contribution in [0.2, 0.25) is 10.0 Å². The van der Waals surface area contributed by atoms with Gasteiger partial charge in [-0.2, -0.15) is 0 Å². The van der Waals surface area contributed by atoms with Crippen molar-refractivity contribution >= 4 is 40.3 Å². The number of nitrogens with one attached hydrogen (secondary N) is 1. The quantitative estimate of drug-likeness (QED) is 0.644. The van der Waals surface area contributed by atoms with E-state index >= 15 is 0 Å². The molecule has 2 aromatic carbocycles. The third-order valence-corrected chi connectivity index (χ3v) is 3.20. The Labute approximate surface area is 120 Å². The molecule has 2 aromatic rings. The minimum atomic E-state index is -0.519. The molecule has 0 atom stereocenters. The van der Waals surface area contributed by atoms with Gasteiger partial charge in [-0.15, -0.1) is 0 Å². The van der Waals surface area contributed by atoms with Crippen molar-refractivity contribution in [2.45, 2.75) is 6.92 Å². The Hall–Kier alpha value is -1.78. The number of hydrogen-bond acceptors (Lipinski definition) is 3. The lowest BCUT2D eigenvalue weighted by Gasteiger charge is -2.10. The maximum absolute atomic E-state index is 11.0. The molecular formula is C13H10Cl2N2O2. The van der Waals surface area contributed by atoms with Gasteiger partial charge in [-0.3, -0.25) is 10.1 Å². The molecular weight excluding hydrogens is 287 g/mol. The van der Waals surface area contributed by atoms with Crippen LogP contribution in [-0.4, -0.2) is 4.92 Å². The van der Waals surface area contributed by atoms with E-state index in [-0.39, 0.29) is 10.7 Å². The van der Waals surface area contributed by atoms with Crippen LogP contribution in [0, 0.1) is 17.0 Å². The summed E-state index contributed by atoms with van der Waals surface area (Å²) in [4.78, 5) is 10.5. The minimum Gasteiger partial charge on any atom is -0.349 e. The Kier molecular flexibility index (Phi) is 3.93. The first-order valence-electron chi connectivity index (χ1n) is 5.45. The monoisotopic (exact) mass is 296 g/mol. The molecule has 98 valence electrons. The molecule has 0 amide bonds. The summed E-state index contributed by atoms with van der Waals surface area (Å²) in [6.45, 7) is 1.91. The van der Waals surface area contributed by atoms with Gasteiger partial charge in [0, 0.05) is 0 Å². The van der Waals surface area contributed by atoms with E-state index in [1.54, 1.807) is 18.2 Å². The van der Waals surface area contributed by atoms with E-state index in [4.69, 9.17) is 23.2 Å². The van der Waals surface area contributed by atoms with Crippen LogP contribution in [0.1, 0.15) is 5.56 Å². The summed E-state index contributed by atoms with van der Waals surface area (Å²) in [5.74, 6) is 0. The highest BCUT2D eigenvalue weighted by Crippen LogP contribution is 2.36. The standard InChI is InChI=1S/C13H10Cl2N2O2/c1-8-5-6-9(14)12(7-8)16-11-4-2-3-10(15)13(11)17(18)19/h2-7,16H,1H3. The third kappa shape index (κ3) is 2.97. The van der Waals surface area contributed by atoms with Gasteiger partial charge < -0.3 is 5.32 Å². The van der Waals surface area contributed by atoms with Gasteiger partial charge in [-0.05, 0) is 36.8 Å². The van der Waals surface area contributed by atoms with Gasteiger partial charge in [0.05, 0.1) is 15.6 Å². The molecule has 0 fully saturated rings. The first-order chi connectivity index (χ1) is 8.99. The van der Waals surface area contributed by atoms with Gasteiger partial charge in [0.2, 0.25) is 0 Å². The average molecular weight is 297 g/mol. The maximum Gasteiger partial charge on any atom is 0.311 e. The van der Waals surface area contributed by atoms with Crippen LogP contribution >= 0.6 is 23.2 Å². The summed E-state index contributed by atoms with van der Waals surface area (Å²) in [6.07, 6.45) is 0. The van der Waals surface area contributed by atoms with Gasteiger partial charge in [-0.25, -0.2) is 0 Å². The van der Waals surface area contributed by atoms with Crippen LogP contribution in [-0.2, 0) is 0 Å². The zero-order chi connectivity index (χ0) is 14.0. The molecule has 2 rings (SSSR count). The second kappa shape index (κ2) is 5.47. The number of para-hydroxylation sites is 1. The molecule has 0 saturated heterocycles. The van der Waals surface area contributed by atoms with E-state index in [0.717, 1.165) is 5.56 Å². The van der Waals surface area contributed by atoms with Crippen molar-refractivity contribution in [3.05, 3.63) is 62.1 Å². The second-order valence-electron chi connectivity index (χ2n) is 4.00. The summed E-state index contributed by atoms with van der Waals surface area (Å²) in [7, 11) is 0. The summed E-state index contributed by atoms with van der Waals surface area (Å²) in [6, 6.07) is 10.1. The number of halogens is 2. The fourth-order valence-corrected chi connectivity index (χ4v) is 2.09. The Bertz CT molecular complexity index is 645. The van der Waals surface area contributed by atoms with Crippen molar-refractivity contribution in [3.8, 4) is 0 Å². The molecule has 0 aliphatic carbocycles. The molecule has 0 spiro atoms. The summed E-state index contributed by atoms with van der Waals surface area (Å²) >= 11 is 11.9. The van der Waals surface area contributed by atoms with Crippen LogP contribution in [0.5, 0.6) is 0 Å². The van der Waals surface area contributed by atoms with Crippen molar-refractivity contribution in [2.24, 2.45) is 0 Å². The lowest BCUT2D eigenvalue weighted by atomic mass is 10.2. The van der Waals surface area contributed by atoms with Crippen LogP contribution in [0.3, 0.4) is 0 Å². The predicted octanol–water partition coefficient (Wildman–Crippen LogP) is 4.95. The summed E-state index contributed by atoms with van der Waals surface area (Å²) in [5.41, 5.74) is 1.75. The van der Waals surface area contributed by atoms with Gasteiger partial charge in [-0.1, -0.05) is 35.3 Å². The molecule has 19 heavy (non-hydrogen) atoms. The van der Waals surface area contributed by atoms with E-state index in [1.807, 2.05) is 19.1 Å². The van der Waals surface area contributed by atoms with Crippen molar-refractivity contribution in [2.75, 3.05) is 5.32 Å². The predicted molar refractivity (Wildman–Crippen MR) is 77.6 cm³/mol. The van der Waals surface area contributed by atoms with Crippen molar-refractivity contribution in [1.82, 2.24) is 0 Å². The number of nitro groups is 1. The largest absolute Gasteiger partial charge is 0.349 e. The Balaban J connectivity index is 2.46. The van der Waals surface area contributed by atoms with E-state index < -0.39 is 4.92 Å². The first-order valence-corrected chi connectivity index (χ1v) is 6.20. The number of nitrogens with zero attached hydrogens (tertiary/aromatic N) is 1. The number of benzene rings is 2. The van der Waals surface area contributed by atoms with Gasteiger partial charge in [0.25, 0.3) is 0 Å². The molecule has 0 saturated carbocycles. The molecule has 0 radical (unpaired) electrons. The van der Waals surface area contributed by atoms with E-state index in [2.05, 4.69) is 5.32 Å². The Morgan fingerprint density at radius 3 is 2.53 bits per heavy atom. The van der Waals surface area contributed by atoms with Crippen LogP contribution < -0.4 is 5.32 Å². The molecule has 0 aromatic heterocycles. The van der Waals surface area contributed by atoms with Crippen molar-refractivity contribution < 1.29 is 4.92 Å². The molecule has 6 heteroatoms. The smallest absolute Gasteiger partial charge is 0.311 e. The highest BCUT2D eigenvalue weighted by molar-refractivity contribution is 6.34. The van der Waals surface area contributed by atoms with Gasteiger partial charge in [0.15, 0.2) is 0 Å². The molecule has 0 aliphatic heterocycles. The first kappa shape index (κ1) is 13.6. The van der Waals surface area contributed by atoms with Gasteiger partial charge in [0.1, 0.15) is 10.7 Å². The molecule has 1 N–H and O–H groups in total. The van der Waals surface area contributed by atoms with Crippen LogP contribution in [0.25, 0.3) is 0 Å². The Morgan fingerprint density at radius 1 is 1.11 bits per heavy atom. The van der Waals surface area contributed by atoms with Gasteiger partial charge >= 0.3 is 5.69 Å². The number of nitro benzene ring substituents is 1. The lowest BCUT2D eigenvalue weighted by Crippen LogP contribution is -1.98. The maximum atomic E-state index is 11.0. The van der Waals surface area contributed by atoms with Crippen molar-refractivity contribution in [3.63, 3.8) is 0 Å². The van der Waals surface area contributed by atoms with E-state index in [1.165, 1.54) is 6.07 Å². The molecule has 0 heterocycles. The molecule has 0 bridgehead atoms. The second-order valence-corrected chi connectivity index (χ2v) is 4.82. The minimum absolute atomic E-state index is 0.0822. The Morgan fingerprint density at radius 2 is 1.84 bits per heavy atom. The summed E-state index contributed by atoms with van der Waals surface area (Å²) < 4.78 is 0. The number of aryl methyl sites for hydroxylation is 1. The zero-order valence-corrected chi connectivity index (χ0v) is 11.5. The van der Waals surface area contributed by atoms with E-state index in [9.17, 15) is 10.1 Å². The van der Waals surface area contributed by atoms with Crippen molar-refractivity contribution in [1.29, 1.82) is 0 Å². The SMILES string of the molecule is Cc1ccc(Cl)c(Nc2cccc(Cl)c2[N+](=O)[O-])c1. The van der Waals surface area contributed by atoms with Crippen LogP contribution in [0.15, 0.2) is 36.4 Å². The van der Waals surface area contributed by atoms with E-state index in [0.29, 0.717) is 16.4 Å². The average Bonchev–Trinajstić information content (AvgIpc) is 2.33. The normalized spacial score (nSPS) is 10.3. The fourth-order valence-electron chi connectivity index (χ4n) is 1.68. The van der Waals surface area contributed by atoms with Crippen LogP contribution in [0.4, 0.5) is 17.1 Å². The zero-order valence-electron chi connectivity index (χ0n) is 9.98. The highest BCUT2D eigenvalue weighted by atomic mass is 35.5. The molecule has 0 aliphatic rings. The lowest BCUT2D eigenvalue weighted by molar-refractivity contribution is -0.383. The molecule has 4 nitrogen and oxygen atoms in total. The topological polar surface area (TPSA) is 55.2 Å². The third-order valence-electron chi connectivity index (χ3n) is 2.56. The highest BCUT2D eigenvalue weighted by Gasteiger charge is 2.18. The fraction of sp³-hybridized carbons (Fsp3) is 0.0769. The molecule has 0 unspecified atom stereocenters. The number of anilines is 2. The summed E-state index contributed by atoms with van der Waals surface area (Å²) in [5, 5.41) is 14.5. The number of hydrogen-bond donors (Lipinski definition) is 1.